The smallest absolute Gasteiger partial charge is 0.262 e. The number of nitrogens with zero attached hydrogens (tertiary/aromatic N) is 4. The zero-order valence-electron chi connectivity index (χ0n) is 18.8. The van der Waals surface area contributed by atoms with Crippen molar-refractivity contribution >= 4 is 28.6 Å². The second-order valence-electron chi connectivity index (χ2n) is 7.68. The molecule has 0 aliphatic heterocycles. The van der Waals surface area contributed by atoms with Crippen LogP contribution in [0.15, 0.2) is 63.0 Å². The summed E-state index contributed by atoms with van der Waals surface area (Å²) < 4.78 is 12.3. The van der Waals surface area contributed by atoms with Gasteiger partial charge in [0.25, 0.3) is 11.4 Å². The summed E-state index contributed by atoms with van der Waals surface area (Å²) in [7, 11) is 1.61. The molecule has 2 aromatic carbocycles. The van der Waals surface area contributed by atoms with Crippen LogP contribution in [0, 0.1) is 0 Å². The quantitative estimate of drug-likeness (QED) is 0.196. The third-order valence-corrected chi connectivity index (χ3v) is 6.24. The predicted molar refractivity (Wildman–Crippen MR) is 130 cm³/mol. The zero-order chi connectivity index (χ0) is 23.9. The molecule has 0 radical (unpaired) electrons. The van der Waals surface area contributed by atoms with Crippen molar-refractivity contribution in [1.82, 2.24) is 19.7 Å². The van der Waals surface area contributed by atoms with E-state index in [1.165, 1.54) is 11.8 Å². The number of amides is 1. The fourth-order valence-corrected chi connectivity index (χ4v) is 4.36. The molecule has 0 aliphatic rings. The van der Waals surface area contributed by atoms with E-state index in [1.807, 2.05) is 42.5 Å². The summed E-state index contributed by atoms with van der Waals surface area (Å²) in [6.07, 6.45) is 2.58. The fourth-order valence-electron chi connectivity index (χ4n) is 3.49. The Morgan fingerprint density at radius 3 is 2.65 bits per heavy atom. The Balaban J connectivity index is 1.50. The average molecular weight is 480 g/mol. The molecule has 0 saturated carbocycles. The first-order chi connectivity index (χ1) is 16.5. The molecule has 9 nitrogen and oxygen atoms in total. The Bertz CT molecular complexity index is 1330. The number of nitrogens with two attached hydrogens (primary N) is 1. The predicted octanol–water partition coefficient (Wildman–Crippen LogP) is 3.79. The molecule has 0 atom stereocenters. The van der Waals surface area contributed by atoms with Crippen LogP contribution in [-0.2, 0) is 17.1 Å². The molecular weight excluding hydrogens is 454 g/mol. The van der Waals surface area contributed by atoms with Crippen molar-refractivity contribution in [2.24, 2.45) is 5.73 Å². The van der Waals surface area contributed by atoms with Crippen LogP contribution >= 0.6 is 11.8 Å². The normalized spacial score (nSPS) is 11.1. The van der Waals surface area contributed by atoms with E-state index in [4.69, 9.17) is 20.0 Å². The molecule has 0 spiro atoms. The first-order valence-corrected chi connectivity index (χ1v) is 11.9. The Labute approximate surface area is 200 Å². The van der Waals surface area contributed by atoms with Gasteiger partial charge in [-0.15, -0.1) is 0 Å². The maximum absolute atomic E-state index is 13.1. The van der Waals surface area contributed by atoms with Gasteiger partial charge in [-0.25, -0.2) is 4.98 Å². The third kappa shape index (κ3) is 5.63. The minimum absolute atomic E-state index is 0.0879. The van der Waals surface area contributed by atoms with E-state index in [2.05, 4.69) is 10.1 Å². The van der Waals surface area contributed by atoms with Gasteiger partial charge in [0.15, 0.2) is 11.0 Å². The lowest BCUT2D eigenvalue weighted by Gasteiger charge is -2.12. The van der Waals surface area contributed by atoms with E-state index in [1.54, 1.807) is 17.7 Å². The van der Waals surface area contributed by atoms with Crippen LogP contribution in [0.5, 0.6) is 5.75 Å². The number of unbranched alkanes of at least 4 members (excludes halogenated alkanes) is 2. The zero-order valence-corrected chi connectivity index (χ0v) is 19.6. The van der Waals surface area contributed by atoms with Crippen molar-refractivity contribution < 1.29 is 14.1 Å². The molecule has 2 heterocycles. The van der Waals surface area contributed by atoms with Crippen LogP contribution in [0.1, 0.15) is 31.5 Å². The first kappa shape index (κ1) is 23.5. The van der Waals surface area contributed by atoms with E-state index in [0.29, 0.717) is 52.9 Å². The second-order valence-corrected chi connectivity index (χ2v) is 8.62. The van der Waals surface area contributed by atoms with Gasteiger partial charge in [-0.05, 0) is 49.2 Å². The number of hydrogen-bond donors (Lipinski definition) is 1. The standard InChI is InChI=1S/C24H25N5O4S/c1-32-17-12-10-16(11-13-17)22-27-21(28-33-22)15-34-24-26-19-8-5-4-7-18(19)23(31)29(24)14-6-2-3-9-20(25)30/h4-5,7-8,10-13H,2-3,6,9,14-15H2,1H3,(H2,25,30). The average Bonchev–Trinajstić information content (AvgIpc) is 3.33. The van der Waals surface area contributed by atoms with E-state index in [9.17, 15) is 9.59 Å². The molecule has 2 aromatic heterocycles. The number of rotatable bonds is 11. The second kappa shape index (κ2) is 11.0. The van der Waals surface area contributed by atoms with Crippen LogP contribution in [0.4, 0.5) is 0 Å². The molecule has 34 heavy (non-hydrogen) atoms. The summed E-state index contributed by atoms with van der Waals surface area (Å²) in [5.41, 5.74) is 6.56. The van der Waals surface area contributed by atoms with Crippen molar-refractivity contribution in [3.63, 3.8) is 0 Å². The highest BCUT2D eigenvalue weighted by molar-refractivity contribution is 7.98. The van der Waals surface area contributed by atoms with Crippen LogP contribution in [-0.4, -0.2) is 32.7 Å². The number of para-hydroxylation sites is 1. The number of methoxy groups -OCH3 is 1. The van der Waals surface area contributed by atoms with E-state index < -0.39 is 0 Å². The first-order valence-electron chi connectivity index (χ1n) is 10.9. The van der Waals surface area contributed by atoms with E-state index in [0.717, 1.165) is 24.2 Å². The summed E-state index contributed by atoms with van der Waals surface area (Å²) in [6.45, 7) is 0.501. The van der Waals surface area contributed by atoms with Crippen molar-refractivity contribution in [1.29, 1.82) is 0 Å². The van der Waals surface area contributed by atoms with Crippen molar-refractivity contribution in [2.75, 3.05) is 7.11 Å². The number of ether oxygens (including phenoxy) is 1. The Morgan fingerprint density at radius 2 is 1.88 bits per heavy atom. The fraction of sp³-hybridized carbons (Fsp3) is 0.292. The number of carbonyl (C=O) groups is 1. The maximum atomic E-state index is 13.1. The lowest BCUT2D eigenvalue weighted by atomic mass is 10.2. The van der Waals surface area contributed by atoms with Gasteiger partial charge in [0.1, 0.15) is 5.75 Å². The molecular formula is C24H25N5O4S. The lowest BCUT2D eigenvalue weighted by Crippen LogP contribution is -2.23. The maximum Gasteiger partial charge on any atom is 0.262 e. The highest BCUT2D eigenvalue weighted by atomic mass is 32.2. The largest absolute Gasteiger partial charge is 0.497 e. The van der Waals surface area contributed by atoms with Gasteiger partial charge >= 0.3 is 0 Å². The summed E-state index contributed by atoms with van der Waals surface area (Å²) in [5.74, 6) is 1.75. The molecule has 0 fully saturated rings. The highest BCUT2D eigenvalue weighted by Crippen LogP contribution is 2.25. The molecule has 0 bridgehead atoms. The highest BCUT2D eigenvalue weighted by Gasteiger charge is 2.14. The molecule has 0 aliphatic carbocycles. The van der Waals surface area contributed by atoms with Crippen LogP contribution in [0.25, 0.3) is 22.4 Å². The summed E-state index contributed by atoms with van der Waals surface area (Å²) in [6, 6.07) is 14.7. The molecule has 10 heteroatoms. The monoisotopic (exact) mass is 479 g/mol. The molecule has 1 amide bonds. The molecule has 4 rings (SSSR count). The van der Waals surface area contributed by atoms with Gasteiger partial charge < -0.3 is 15.0 Å². The van der Waals surface area contributed by atoms with Crippen molar-refractivity contribution in [3.05, 3.63) is 64.7 Å². The number of thioether (sulfide) groups is 1. The lowest BCUT2D eigenvalue weighted by molar-refractivity contribution is -0.118. The Kier molecular flexibility index (Phi) is 7.58. The minimum Gasteiger partial charge on any atom is -0.497 e. The van der Waals surface area contributed by atoms with Crippen LogP contribution in [0.2, 0.25) is 0 Å². The summed E-state index contributed by atoms with van der Waals surface area (Å²) >= 11 is 1.39. The minimum atomic E-state index is -0.310. The summed E-state index contributed by atoms with van der Waals surface area (Å²) in [4.78, 5) is 33.3. The van der Waals surface area contributed by atoms with Gasteiger partial charge in [-0.3, -0.25) is 14.2 Å². The van der Waals surface area contributed by atoms with Gasteiger partial charge in [0, 0.05) is 18.5 Å². The number of primary amides is 1. The van der Waals surface area contributed by atoms with Crippen LogP contribution < -0.4 is 16.0 Å². The SMILES string of the molecule is COc1ccc(-c2nc(CSc3nc4ccccc4c(=O)n3CCCCCC(N)=O)no2)cc1. The molecule has 176 valence electrons. The molecule has 0 unspecified atom stereocenters. The summed E-state index contributed by atoms with van der Waals surface area (Å²) in [5, 5.41) is 5.24. The third-order valence-electron chi connectivity index (χ3n) is 5.27. The Morgan fingerprint density at radius 1 is 1.09 bits per heavy atom. The van der Waals surface area contributed by atoms with Crippen molar-refractivity contribution in [3.8, 4) is 17.2 Å². The Hall–Kier alpha value is -3.66. The number of hydrogen-bond acceptors (Lipinski definition) is 8. The van der Waals surface area contributed by atoms with Gasteiger partial charge in [-0.2, -0.15) is 4.98 Å². The van der Waals surface area contributed by atoms with Gasteiger partial charge in [-0.1, -0.05) is 35.5 Å². The molecule has 4 aromatic rings. The number of carbonyl (C=O) groups excluding carboxylic acids is 1. The topological polar surface area (TPSA) is 126 Å². The number of benzene rings is 2. The van der Waals surface area contributed by atoms with Gasteiger partial charge in [0.2, 0.25) is 5.91 Å². The van der Waals surface area contributed by atoms with E-state index >= 15 is 0 Å². The number of aromatic nitrogens is 4. The number of fused-ring (bicyclic) bond motifs is 1. The van der Waals surface area contributed by atoms with Gasteiger partial charge in [0.05, 0.1) is 23.8 Å². The molecule has 2 N–H and O–H groups in total. The van der Waals surface area contributed by atoms with E-state index in [-0.39, 0.29) is 11.5 Å². The van der Waals surface area contributed by atoms with Crippen molar-refractivity contribution in [2.45, 2.75) is 43.1 Å². The molecule has 0 saturated heterocycles. The van der Waals surface area contributed by atoms with Crippen LogP contribution in [0.3, 0.4) is 0 Å².